The Hall–Kier alpha value is -1.56. The fourth-order valence-corrected chi connectivity index (χ4v) is 2.86. The van der Waals surface area contributed by atoms with E-state index in [9.17, 15) is 4.79 Å². The van der Waals surface area contributed by atoms with E-state index in [4.69, 9.17) is 26.2 Å². The third-order valence-electron chi connectivity index (χ3n) is 2.90. The predicted octanol–water partition coefficient (Wildman–Crippen LogP) is 3.55. The maximum absolute atomic E-state index is 12.2. The molecule has 0 radical (unpaired) electrons. The summed E-state index contributed by atoms with van der Waals surface area (Å²) < 4.78 is 11.4. The van der Waals surface area contributed by atoms with Crippen molar-refractivity contribution in [1.29, 1.82) is 0 Å². The summed E-state index contributed by atoms with van der Waals surface area (Å²) in [5, 5.41) is 9.11. The number of thiophene rings is 1. The Labute approximate surface area is 131 Å². The van der Waals surface area contributed by atoms with Crippen molar-refractivity contribution in [2.75, 3.05) is 7.11 Å². The highest BCUT2D eigenvalue weighted by Gasteiger charge is 2.20. The SMILES string of the molecule is COc1cc(CO)ccc1OC(C)C(=O)c1ccc(Cl)s1. The molecule has 0 aliphatic rings. The summed E-state index contributed by atoms with van der Waals surface area (Å²) in [6, 6.07) is 8.44. The van der Waals surface area contributed by atoms with Gasteiger partial charge in [-0.25, -0.2) is 0 Å². The first kappa shape index (κ1) is 15.8. The number of benzene rings is 1. The van der Waals surface area contributed by atoms with Crippen LogP contribution < -0.4 is 9.47 Å². The Morgan fingerprint density at radius 2 is 2.10 bits per heavy atom. The van der Waals surface area contributed by atoms with E-state index >= 15 is 0 Å². The Kier molecular flexibility index (Phi) is 5.22. The lowest BCUT2D eigenvalue weighted by molar-refractivity contribution is 0.0818. The van der Waals surface area contributed by atoms with Crippen LogP contribution in [0.15, 0.2) is 30.3 Å². The minimum absolute atomic E-state index is 0.0845. The number of ketones is 1. The van der Waals surface area contributed by atoms with E-state index in [1.165, 1.54) is 18.4 Å². The van der Waals surface area contributed by atoms with Crippen LogP contribution in [0.4, 0.5) is 0 Å². The van der Waals surface area contributed by atoms with E-state index < -0.39 is 6.10 Å². The maximum Gasteiger partial charge on any atom is 0.212 e. The second-order valence-electron chi connectivity index (χ2n) is 4.37. The fraction of sp³-hybridized carbons (Fsp3) is 0.267. The molecule has 1 N–H and O–H groups in total. The van der Waals surface area contributed by atoms with E-state index in [1.807, 2.05) is 0 Å². The molecule has 0 saturated heterocycles. The van der Waals surface area contributed by atoms with Crippen LogP contribution in [0.2, 0.25) is 4.34 Å². The van der Waals surface area contributed by atoms with Crippen LogP contribution in [-0.2, 0) is 6.61 Å². The van der Waals surface area contributed by atoms with Crippen LogP contribution in [0, 0.1) is 0 Å². The van der Waals surface area contributed by atoms with Gasteiger partial charge in [0, 0.05) is 0 Å². The van der Waals surface area contributed by atoms with Gasteiger partial charge in [0.25, 0.3) is 0 Å². The number of carbonyl (C=O) groups excluding carboxylic acids is 1. The smallest absolute Gasteiger partial charge is 0.212 e. The molecule has 112 valence electrons. The van der Waals surface area contributed by atoms with Crippen LogP contribution in [0.1, 0.15) is 22.2 Å². The highest BCUT2D eigenvalue weighted by Crippen LogP contribution is 2.30. The number of aliphatic hydroxyl groups is 1. The van der Waals surface area contributed by atoms with Gasteiger partial charge in [-0.2, -0.15) is 0 Å². The average molecular weight is 327 g/mol. The zero-order valence-corrected chi connectivity index (χ0v) is 13.2. The molecule has 4 nitrogen and oxygen atoms in total. The van der Waals surface area contributed by atoms with Crippen molar-refractivity contribution >= 4 is 28.7 Å². The molecule has 0 saturated carbocycles. The first-order valence-corrected chi connectivity index (χ1v) is 7.48. The second-order valence-corrected chi connectivity index (χ2v) is 6.09. The van der Waals surface area contributed by atoms with E-state index in [0.717, 1.165) is 0 Å². The summed E-state index contributed by atoms with van der Waals surface area (Å²) in [5.41, 5.74) is 0.711. The standard InChI is InChI=1S/C15H15ClO4S/c1-9(15(18)13-5-6-14(16)21-13)20-11-4-3-10(8-17)7-12(11)19-2/h3-7,9,17H,8H2,1-2H3. The number of ether oxygens (including phenoxy) is 2. The van der Waals surface area contributed by atoms with Gasteiger partial charge >= 0.3 is 0 Å². The van der Waals surface area contributed by atoms with Crippen molar-refractivity contribution in [3.63, 3.8) is 0 Å². The van der Waals surface area contributed by atoms with E-state index in [1.54, 1.807) is 37.3 Å². The number of methoxy groups -OCH3 is 1. The quantitative estimate of drug-likeness (QED) is 0.825. The van der Waals surface area contributed by atoms with Crippen molar-refractivity contribution in [1.82, 2.24) is 0 Å². The zero-order chi connectivity index (χ0) is 15.4. The number of aliphatic hydroxyl groups excluding tert-OH is 1. The summed E-state index contributed by atoms with van der Waals surface area (Å²) in [7, 11) is 1.51. The summed E-state index contributed by atoms with van der Waals surface area (Å²) >= 11 is 7.05. The minimum atomic E-state index is -0.659. The van der Waals surface area contributed by atoms with Gasteiger partial charge in [-0.15, -0.1) is 11.3 Å². The number of rotatable bonds is 6. The number of carbonyl (C=O) groups is 1. The summed E-state index contributed by atoms with van der Waals surface area (Å²) in [4.78, 5) is 12.8. The van der Waals surface area contributed by atoms with E-state index in [-0.39, 0.29) is 12.4 Å². The van der Waals surface area contributed by atoms with Crippen LogP contribution in [0.3, 0.4) is 0 Å². The summed E-state index contributed by atoms with van der Waals surface area (Å²) in [5.74, 6) is 0.795. The molecule has 1 unspecified atom stereocenters. The molecule has 21 heavy (non-hydrogen) atoms. The van der Waals surface area contributed by atoms with Crippen LogP contribution in [0.25, 0.3) is 0 Å². The molecule has 0 amide bonds. The highest BCUT2D eigenvalue weighted by molar-refractivity contribution is 7.18. The van der Waals surface area contributed by atoms with Crippen molar-refractivity contribution in [2.45, 2.75) is 19.6 Å². The average Bonchev–Trinajstić information content (AvgIpc) is 2.93. The topological polar surface area (TPSA) is 55.8 Å². The molecule has 6 heteroatoms. The van der Waals surface area contributed by atoms with Crippen molar-refractivity contribution in [3.05, 3.63) is 45.1 Å². The van der Waals surface area contributed by atoms with E-state index in [2.05, 4.69) is 0 Å². The Bertz CT molecular complexity index is 638. The van der Waals surface area contributed by atoms with Crippen molar-refractivity contribution in [2.24, 2.45) is 0 Å². The maximum atomic E-state index is 12.2. The van der Waals surface area contributed by atoms with Gasteiger partial charge in [0.15, 0.2) is 17.6 Å². The molecule has 2 aromatic rings. The van der Waals surface area contributed by atoms with Gasteiger partial charge in [0.05, 0.1) is 22.9 Å². The molecule has 0 spiro atoms. The van der Waals surface area contributed by atoms with Gasteiger partial charge < -0.3 is 14.6 Å². The molecule has 0 fully saturated rings. The Morgan fingerprint density at radius 3 is 2.67 bits per heavy atom. The van der Waals surface area contributed by atoms with Crippen molar-refractivity contribution < 1.29 is 19.4 Å². The number of hydrogen-bond donors (Lipinski definition) is 1. The van der Waals surface area contributed by atoms with Crippen molar-refractivity contribution in [3.8, 4) is 11.5 Å². The normalized spacial score (nSPS) is 12.0. The van der Waals surface area contributed by atoms with Gasteiger partial charge in [-0.05, 0) is 36.8 Å². The molecule has 1 atom stereocenters. The lowest BCUT2D eigenvalue weighted by Crippen LogP contribution is -2.23. The number of halogens is 1. The molecular weight excluding hydrogens is 312 g/mol. The van der Waals surface area contributed by atoms with Gasteiger partial charge in [-0.1, -0.05) is 17.7 Å². The fourth-order valence-electron chi connectivity index (χ4n) is 1.80. The lowest BCUT2D eigenvalue weighted by Gasteiger charge is -2.16. The molecule has 0 bridgehead atoms. The van der Waals surface area contributed by atoms with Gasteiger partial charge in [0.2, 0.25) is 5.78 Å². The molecule has 1 heterocycles. The van der Waals surface area contributed by atoms with Crippen LogP contribution in [0.5, 0.6) is 11.5 Å². The van der Waals surface area contributed by atoms with Gasteiger partial charge in [-0.3, -0.25) is 4.79 Å². The molecule has 1 aromatic carbocycles. The molecule has 1 aromatic heterocycles. The largest absolute Gasteiger partial charge is 0.493 e. The van der Waals surface area contributed by atoms with Gasteiger partial charge in [0.1, 0.15) is 0 Å². The second kappa shape index (κ2) is 6.93. The molecule has 2 rings (SSSR count). The summed E-state index contributed by atoms with van der Waals surface area (Å²) in [6.45, 7) is 1.59. The lowest BCUT2D eigenvalue weighted by atomic mass is 10.2. The molecule has 0 aliphatic heterocycles. The zero-order valence-electron chi connectivity index (χ0n) is 11.6. The number of hydrogen-bond acceptors (Lipinski definition) is 5. The van der Waals surface area contributed by atoms with Crippen LogP contribution in [-0.4, -0.2) is 24.1 Å². The Balaban J connectivity index is 2.15. The third-order valence-corrected chi connectivity index (χ3v) is 4.15. The minimum Gasteiger partial charge on any atom is -0.493 e. The highest BCUT2D eigenvalue weighted by atomic mass is 35.5. The monoisotopic (exact) mass is 326 g/mol. The number of Topliss-reactive ketones (excluding diaryl/α,β-unsaturated/α-hetero) is 1. The first-order chi connectivity index (χ1) is 10.0. The van der Waals surface area contributed by atoms with Crippen LogP contribution >= 0.6 is 22.9 Å². The summed E-state index contributed by atoms with van der Waals surface area (Å²) in [6.07, 6.45) is -0.659. The molecule has 0 aliphatic carbocycles. The Morgan fingerprint density at radius 1 is 1.33 bits per heavy atom. The third kappa shape index (κ3) is 3.75. The first-order valence-electron chi connectivity index (χ1n) is 6.29. The predicted molar refractivity (Wildman–Crippen MR) is 82.7 cm³/mol. The molecular formula is C15H15ClO4S. The van der Waals surface area contributed by atoms with E-state index in [0.29, 0.717) is 26.3 Å².